The molecule has 0 spiro atoms. The van der Waals surface area contributed by atoms with E-state index >= 15 is 0 Å². The van der Waals surface area contributed by atoms with Gasteiger partial charge in [-0.3, -0.25) is 9.00 Å². The van der Waals surface area contributed by atoms with E-state index in [0.29, 0.717) is 0 Å². The summed E-state index contributed by atoms with van der Waals surface area (Å²) < 4.78 is 10.9. The van der Waals surface area contributed by atoms with E-state index in [1.54, 1.807) is 4.90 Å². The van der Waals surface area contributed by atoms with Gasteiger partial charge in [0.25, 0.3) is 0 Å². The van der Waals surface area contributed by atoms with E-state index < -0.39 is 10.8 Å². The Kier molecular flexibility index (Phi) is 0.939. The van der Waals surface area contributed by atoms with Crippen LogP contribution in [0.5, 0.6) is 0 Å². The normalized spacial score (nSPS) is 40.4. The number of carbonyl (C=O) groups excluding carboxylic acids is 1. The van der Waals surface area contributed by atoms with Crippen LogP contribution >= 0.6 is 0 Å². The quantitative estimate of drug-likeness (QED) is 0.452. The molecule has 0 aliphatic carbocycles. The lowest BCUT2D eigenvalue weighted by Crippen LogP contribution is -2.46. The van der Waals surface area contributed by atoms with Crippen molar-refractivity contribution >= 4 is 16.7 Å². The molecule has 4 heteroatoms. The molecular formula is C5H7NO2S. The van der Waals surface area contributed by atoms with Gasteiger partial charge in [-0.1, -0.05) is 0 Å². The van der Waals surface area contributed by atoms with Gasteiger partial charge < -0.3 is 4.90 Å². The number of hydrogen-bond donors (Lipinski definition) is 0. The molecule has 0 saturated carbocycles. The average Bonchev–Trinajstić information content (AvgIpc) is 1.73. The first kappa shape index (κ1) is 5.41. The van der Waals surface area contributed by atoms with Crippen LogP contribution in [0.25, 0.3) is 0 Å². The van der Waals surface area contributed by atoms with Gasteiger partial charge in [0, 0.05) is 6.54 Å². The fourth-order valence-electron chi connectivity index (χ4n) is 1.22. The molecule has 3 nitrogen and oxygen atoms in total. The monoisotopic (exact) mass is 145 g/mol. The van der Waals surface area contributed by atoms with Crippen LogP contribution in [-0.4, -0.2) is 32.7 Å². The van der Waals surface area contributed by atoms with Crippen LogP contribution in [0.3, 0.4) is 0 Å². The van der Waals surface area contributed by atoms with Gasteiger partial charge in [-0.15, -0.1) is 0 Å². The minimum atomic E-state index is -0.865. The molecule has 2 heterocycles. The van der Waals surface area contributed by atoms with Gasteiger partial charge in [0.05, 0.1) is 10.8 Å². The second kappa shape index (κ2) is 1.56. The smallest absolute Gasteiger partial charge is 0.236 e. The maximum absolute atomic E-state index is 10.9. The maximum Gasteiger partial charge on any atom is 0.236 e. The molecule has 2 rings (SSSR count). The van der Waals surface area contributed by atoms with Crippen LogP contribution in [-0.2, 0) is 15.6 Å². The zero-order chi connectivity index (χ0) is 6.43. The number of nitrogens with zero attached hydrogens (tertiary/aromatic N) is 1. The van der Waals surface area contributed by atoms with E-state index in [1.807, 2.05) is 0 Å². The van der Waals surface area contributed by atoms with E-state index in [0.717, 1.165) is 13.0 Å². The average molecular weight is 145 g/mol. The molecule has 0 radical (unpaired) electrons. The fourth-order valence-corrected chi connectivity index (χ4v) is 2.70. The molecule has 2 atom stereocenters. The summed E-state index contributed by atoms with van der Waals surface area (Å²) in [6.07, 6.45) is 0.943. The van der Waals surface area contributed by atoms with Gasteiger partial charge in [-0.05, 0) is 6.42 Å². The molecule has 0 bridgehead atoms. The van der Waals surface area contributed by atoms with Gasteiger partial charge in [-0.25, -0.2) is 0 Å². The van der Waals surface area contributed by atoms with Gasteiger partial charge in [0.15, 0.2) is 0 Å². The summed E-state index contributed by atoms with van der Waals surface area (Å²) in [7, 11) is -0.865. The van der Waals surface area contributed by atoms with Crippen LogP contribution in [0.1, 0.15) is 6.42 Å². The second-order valence-corrected chi connectivity index (χ2v) is 3.95. The molecule has 9 heavy (non-hydrogen) atoms. The highest BCUT2D eigenvalue weighted by molar-refractivity contribution is 7.86. The Labute approximate surface area is 55.5 Å². The molecular weight excluding hydrogens is 138 g/mol. The Morgan fingerprint density at radius 1 is 1.67 bits per heavy atom. The SMILES string of the molecule is O=C1CS(=O)C2CCN12. The first-order valence-corrected chi connectivity index (χ1v) is 4.34. The van der Waals surface area contributed by atoms with E-state index in [9.17, 15) is 9.00 Å². The van der Waals surface area contributed by atoms with Crippen LogP contribution in [0.15, 0.2) is 0 Å². The predicted molar refractivity (Wildman–Crippen MR) is 33.1 cm³/mol. The minimum Gasteiger partial charge on any atom is -0.327 e. The molecule has 2 saturated heterocycles. The van der Waals surface area contributed by atoms with Crippen molar-refractivity contribution in [2.24, 2.45) is 0 Å². The number of carbonyl (C=O) groups is 1. The minimum absolute atomic E-state index is 0.0737. The Bertz CT molecular complexity index is 171. The third kappa shape index (κ3) is 0.566. The van der Waals surface area contributed by atoms with E-state index in [4.69, 9.17) is 0 Å². The lowest BCUT2D eigenvalue weighted by molar-refractivity contribution is -0.131. The lowest BCUT2D eigenvalue weighted by Gasteiger charge is -2.32. The number of fused-ring (bicyclic) bond motifs is 1. The summed E-state index contributed by atoms with van der Waals surface area (Å²) in [5.41, 5.74) is 0. The Morgan fingerprint density at radius 3 is 2.67 bits per heavy atom. The maximum atomic E-state index is 10.9. The summed E-state index contributed by atoms with van der Waals surface area (Å²) in [5, 5.41) is 0.0949. The Balaban J connectivity index is 2.26. The van der Waals surface area contributed by atoms with Gasteiger partial charge in [0.1, 0.15) is 11.1 Å². The summed E-state index contributed by atoms with van der Waals surface area (Å²) in [4.78, 5) is 12.5. The second-order valence-electron chi connectivity index (χ2n) is 2.36. The fraction of sp³-hybridized carbons (Fsp3) is 0.800. The Morgan fingerprint density at radius 2 is 2.44 bits per heavy atom. The molecule has 2 unspecified atom stereocenters. The molecule has 2 aliphatic heterocycles. The molecule has 0 aromatic carbocycles. The van der Waals surface area contributed by atoms with Crippen molar-refractivity contribution < 1.29 is 9.00 Å². The zero-order valence-electron chi connectivity index (χ0n) is 4.87. The van der Waals surface area contributed by atoms with E-state index in [1.165, 1.54) is 0 Å². The van der Waals surface area contributed by atoms with E-state index in [2.05, 4.69) is 0 Å². The van der Waals surface area contributed by atoms with Crippen molar-refractivity contribution in [1.29, 1.82) is 0 Å². The van der Waals surface area contributed by atoms with Crippen LogP contribution in [0.4, 0.5) is 0 Å². The van der Waals surface area contributed by atoms with Gasteiger partial charge in [-0.2, -0.15) is 0 Å². The third-order valence-electron chi connectivity index (χ3n) is 1.85. The topological polar surface area (TPSA) is 37.4 Å². The highest BCUT2D eigenvalue weighted by Gasteiger charge is 2.43. The standard InChI is InChI=1S/C5H7NO2S/c7-4-3-9(8)5-1-2-6(4)5/h5H,1-3H2. The first-order valence-electron chi connectivity index (χ1n) is 2.96. The van der Waals surface area contributed by atoms with Crippen LogP contribution in [0.2, 0.25) is 0 Å². The van der Waals surface area contributed by atoms with Gasteiger partial charge >= 0.3 is 0 Å². The highest BCUT2D eigenvalue weighted by atomic mass is 32.2. The lowest BCUT2D eigenvalue weighted by atomic mass is 10.2. The summed E-state index contributed by atoms with van der Waals surface area (Å²) in [5.74, 6) is 0.342. The van der Waals surface area contributed by atoms with Crippen molar-refractivity contribution in [3.63, 3.8) is 0 Å². The predicted octanol–water partition coefficient (Wildman–Crippen LogP) is -0.693. The molecule has 0 N–H and O–H groups in total. The summed E-state index contributed by atoms with van der Waals surface area (Å²) >= 11 is 0. The molecule has 2 fully saturated rings. The van der Waals surface area contributed by atoms with Crippen molar-refractivity contribution in [2.45, 2.75) is 11.8 Å². The largest absolute Gasteiger partial charge is 0.327 e. The molecule has 1 amide bonds. The molecule has 0 aromatic heterocycles. The van der Waals surface area contributed by atoms with Crippen LogP contribution < -0.4 is 0 Å². The van der Waals surface area contributed by atoms with Crippen molar-refractivity contribution in [3.8, 4) is 0 Å². The molecule has 2 aliphatic rings. The zero-order valence-corrected chi connectivity index (χ0v) is 5.69. The highest BCUT2D eigenvalue weighted by Crippen LogP contribution is 2.26. The Hall–Kier alpha value is -0.380. The summed E-state index contributed by atoms with van der Waals surface area (Å²) in [6, 6.07) is 0. The number of rotatable bonds is 0. The molecule has 50 valence electrons. The third-order valence-corrected chi connectivity index (χ3v) is 3.48. The number of hydrogen-bond acceptors (Lipinski definition) is 2. The van der Waals surface area contributed by atoms with Crippen molar-refractivity contribution in [2.75, 3.05) is 12.3 Å². The summed E-state index contributed by atoms with van der Waals surface area (Å²) in [6.45, 7) is 0.829. The van der Waals surface area contributed by atoms with Crippen molar-refractivity contribution in [3.05, 3.63) is 0 Å². The molecule has 0 aromatic rings. The van der Waals surface area contributed by atoms with E-state index in [-0.39, 0.29) is 17.0 Å². The first-order chi connectivity index (χ1) is 4.29. The van der Waals surface area contributed by atoms with Gasteiger partial charge in [0.2, 0.25) is 5.91 Å². The van der Waals surface area contributed by atoms with Crippen LogP contribution in [0, 0.1) is 0 Å². The van der Waals surface area contributed by atoms with Crippen molar-refractivity contribution in [1.82, 2.24) is 4.90 Å². The number of amides is 1.